The normalized spacial score (nSPS) is 14.6. The molecule has 6 heteroatoms. The Labute approximate surface area is 95.1 Å². The van der Waals surface area contributed by atoms with Crippen molar-refractivity contribution in [2.24, 2.45) is 11.7 Å². The summed E-state index contributed by atoms with van der Waals surface area (Å²) in [6.45, 7) is 3.87. The summed E-state index contributed by atoms with van der Waals surface area (Å²) in [5.74, 6) is -1.56. The fourth-order valence-electron chi connectivity index (χ4n) is 1.06. The number of hydrogen-bond acceptors (Lipinski definition) is 4. The van der Waals surface area contributed by atoms with E-state index in [1.165, 1.54) is 7.11 Å². The number of aliphatic carboxylic acids is 1. The molecule has 0 saturated carbocycles. The van der Waals surface area contributed by atoms with Crippen molar-refractivity contribution in [3.63, 3.8) is 0 Å². The summed E-state index contributed by atoms with van der Waals surface area (Å²) in [5, 5.41) is 11.2. The number of amides is 1. The van der Waals surface area contributed by atoms with Crippen LogP contribution in [0.5, 0.6) is 0 Å². The molecule has 4 N–H and O–H groups in total. The minimum absolute atomic E-state index is 0.0307. The van der Waals surface area contributed by atoms with Gasteiger partial charge in [-0.1, -0.05) is 13.8 Å². The molecule has 2 atom stereocenters. The molecule has 0 aromatic carbocycles. The molecule has 0 aromatic heterocycles. The van der Waals surface area contributed by atoms with E-state index < -0.39 is 24.0 Å². The zero-order valence-electron chi connectivity index (χ0n) is 9.90. The van der Waals surface area contributed by atoms with Gasteiger partial charge >= 0.3 is 5.97 Å². The molecule has 16 heavy (non-hydrogen) atoms. The summed E-state index contributed by atoms with van der Waals surface area (Å²) >= 11 is 0. The Hall–Kier alpha value is -1.14. The van der Waals surface area contributed by atoms with Gasteiger partial charge in [0.05, 0.1) is 6.04 Å². The summed E-state index contributed by atoms with van der Waals surface area (Å²) in [6.07, 6.45) is 0.225. The van der Waals surface area contributed by atoms with E-state index in [0.717, 1.165) is 0 Å². The highest BCUT2D eigenvalue weighted by Gasteiger charge is 2.24. The Morgan fingerprint density at radius 1 is 1.44 bits per heavy atom. The molecule has 1 amide bonds. The Morgan fingerprint density at radius 2 is 2.00 bits per heavy atom. The van der Waals surface area contributed by atoms with Crippen molar-refractivity contribution in [2.45, 2.75) is 32.4 Å². The highest BCUT2D eigenvalue weighted by Crippen LogP contribution is 2.00. The van der Waals surface area contributed by atoms with Crippen LogP contribution in [0.4, 0.5) is 0 Å². The van der Waals surface area contributed by atoms with Crippen molar-refractivity contribution in [3.8, 4) is 0 Å². The molecular formula is C10H20N2O4. The van der Waals surface area contributed by atoms with Gasteiger partial charge in [-0.2, -0.15) is 0 Å². The summed E-state index contributed by atoms with van der Waals surface area (Å²) < 4.78 is 4.77. The topological polar surface area (TPSA) is 102 Å². The number of nitrogens with one attached hydrogen (secondary N) is 1. The molecule has 6 nitrogen and oxygen atoms in total. The number of carboxylic acid groups (broad SMARTS) is 1. The second-order valence-corrected chi connectivity index (χ2v) is 3.95. The summed E-state index contributed by atoms with van der Waals surface area (Å²) in [5.41, 5.74) is 5.60. The first-order valence-corrected chi connectivity index (χ1v) is 5.17. The molecule has 0 heterocycles. The van der Waals surface area contributed by atoms with Crippen LogP contribution in [0.3, 0.4) is 0 Å². The Balaban J connectivity index is 4.28. The van der Waals surface area contributed by atoms with Crippen LogP contribution >= 0.6 is 0 Å². The Bertz CT molecular complexity index is 243. The van der Waals surface area contributed by atoms with E-state index in [1.54, 1.807) is 13.8 Å². The minimum atomic E-state index is -1.08. The quantitative estimate of drug-likeness (QED) is 0.553. The minimum Gasteiger partial charge on any atom is -0.480 e. The second kappa shape index (κ2) is 7.19. The van der Waals surface area contributed by atoms with Gasteiger partial charge in [-0.25, -0.2) is 4.79 Å². The molecule has 0 aliphatic carbocycles. The number of carboxylic acids is 1. The van der Waals surface area contributed by atoms with E-state index in [9.17, 15) is 9.59 Å². The van der Waals surface area contributed by atoms with E-state index in [-0.39, 0.29) is 18.9 Å². The third-order valence-electron chi connectivity index (χ3n) is 2.25. The van der Waals surface area contributed by atoms with Gasteiger partial charge < -0.3 is 20.9 Å². The zero-order valence-corrected chi connectivity index (χ0v) is 9.90. The van der Waals surface area contributed by atoms with Gasteiger partial charge in [0.25, 0.3) is 0 Å². The lowest BCUT2D eigenvalue weighted by Gasteiger charge is -2.19. The summed E-state index contributed by atoms with van der Waals surface area (Å²) in [4.78, 5) is 22.3. The van der Waals surface area contributed by atoms with Crippen LogP contribution in [-0.2, 0) is 14.3 Å². The maximum atomic E-state index is 11.5. The predicted molar refractivity (Wildman–Crippen MR) is 58.9 cm³/mol. The molecule has 0 fully saturated rings. The number of hydrogen-bond donors (Lipinski definition) is 3. The first-order valence-electron chi connectivity index (χ1n) is 5.17. The van der Waals surface area contributed by atoms with Gasteiger partial charge in [0.1, 0.15) is 6.04 Å². The van der Waals surface area contributed by atoms with Crippen molar-refractivity contribution in [2.75, 3.05) is 13.7 Å². The van der Waals surface area contributed by atoms with Gasteiger partial charge in [-0.05, 0) is 5.92 Å². The predicted octanol–water partition coefficient (Wildman–Crippen LogP) is -0.424. The van der Waals surface area contributed by atoms with Gasteiger partial charge in [0.15, 0.2) is 0 Å². The van der Waals surface area contributed by atoms with E-state index in [2.05, 4.69) is 5.32 Å². The smallest absolute Gasteiger partial charge is 0.326 e. The second-order valence-electron chi connectivity index (χ2n) is 3.95. The van der Waals surface area contributed by atoms with E-state index in [1.807, 2.05) is 0 Å². The Morgan fingerprint density at radius 3 is 2.38 bits per heavy atom. The van der Waals surface area contributed by atoms with Crippen LogP contribution in [0, 0.1) is 5.92 Å². The molecule has 0 aliphatic heterocycles. The maximum Gasteiger partial charge on any atom is 0.326 e. The largest absolute Gasteiger partial charge is 0.480 e. The summed E-state index contributed by atoms with van der Waals surface area (Å²) in [7, 11) is 1.47. The molecule has 2 unspecified atom stereocenters. The molecular weight excluding hydrogens is 212 g/mol. The lowest BCUT2D eigenvalue weighted by atomic mass is 10.0. The molecule has 0 aliphatic rings. The fourth-order valence-corrected chi connectivity index (χ4v) is 1.06. The molecule has 0 saturated heterocycles. The fraction of sp³-hybridized carbons (Fsp3) is 0.800. The highest BCUT2D eigenvalue weighted by atomic mass is 16.5. The van der Waals surface area contributed by atoms with E-state index in [0.29, 0.717) is 0 Å². The first kappa shape index (κ1) is 14.9. The number of ether oxygens (including phenoxy) is 1. The van der Waals surface area contributed by atoms with Crippen LogP contribution in [0.1, 0.15) is 20.3 Å². The number of carbonyl (C=O) groups is 2. The maximum absolute atomic E-state index is 11.5. The molecule has 0 spiro atoms. The third kappa shape index (κ3) is 5.09. The third-order valence-corrected chi connectivity index (χ3v) is 2.25. The number of methoxy groups -OCH3 is 1. The van der Waals surface area contributed by atoms with Crippen molar-refractivity contribution < 1.29 is 19.4 Å². The monoisotopic (exact) mass is 232 g/mol. The van der Waals surface area contributed by atoms with Crippen molar-refractivity contribution in [1.82, 2.24) is 5.32 Å². The van der Waals surface area contributed by atoms with Crippen LogP contribution in [-0.4, -0.2) is 42.8 Å². The highest BCUT2D eigenvalue weighted by molar-refractivity contribution is 5.86. The molecule has 0 radical (unpaired) electrons. The van der Waals surface area contributed by atoms with E-state index in [4.69, 9.17) is 15.6 Å². The van der Waals surface area contributed by atoms with Gasteiger partial charge in [-0.3, -0.25) is 4.79 Å². The van der Waals surface area contributed by atoms with Gasteiger partial charge in [0, 0.05) is 20.1 Å². The molecule has 94 valence electrons. The zero-order chi connectivity index (χ0) is 12.7. The van der Waals surface area contributed by atoms with E-state index >= 15 is 0 Å². The molecule has 0 rings (SSSR count). The first-order chi connectivity index (χ1) is 7.40. The number of nitrogens with two attached hydrogens (primary N) is 1. The number of carbonyl (C=O) groups excluding carboxylic acids is 1. The standard InChI is InChI=1S/C10H20N2O4/c1-6(2)8(11)9(13)12-7(10(14)15)4-5-16-3/h6-8H,4-5,11H2,1-3H3,(H,12,13)(H,14,15). The molecule has 0 aromatic rings. The average molecular weight is 232 g/mol. The Kier molecular flexibility index (Phi) is 6.67. The van der Waals surface area contributed by atoms with Gasteiger partial charge in [-0.15, -0.1) is 0 Å². The van der Waals surface area contributed by atoms with Crippen LogP contribution in [0.25, 0.3) is 0 Å². The average Bonchev–Trinajstić information content (AvgIpc) is 2.21. The van der Waals surface area contributed by atoms with Crippen LogP contribution in [0.15, 0.2) is 0 Å². The van der Waals surface area contributed by atoms with Crippen molar-refractivity contribution >= 4 is 11.9 Å². The lowest BCUT2D eigenvalue weighted by molar-refractivity contribution is -0.142. The summed E-state index contributed by atoms with van der Waals surface area (Å²) in [6, 6.07) is -1.64. The van der Waals surface area contributed by atoms with Gasteiger partial charge in [0.2, 0.25) is 5.91 Å². The lowest BCUT2D eigenvalue weighted by Crippen LogP contribution is -2.50. The SMILES string of the molecule is COCCC(NC(=O)C(N)C(C)C)C(=O)O. The van der Waals surface area contributed by atoms with Crippen molar-refractivity contribution in [3.05, 3.63) is 0 Å². The van der Waals surface area contributed by atoms with Crippen molar-refractivity contribution in [1.29, 1.82) is 0 Å². The molecule has 0 bridgehead atoms. The number of rotatable bonds is 7. The van der Waals surface area contributed by atoms with Crippen LogP contribution in [0.2, 0.25) is 0 Å². The van der Waals surface area contributed by atoms with Crippen LogP contribution < -0.4 is 11.1 Å².